The van der Waals surface area contributed by atoms with E-state index in [0.29, 0.717) is 19.6 Å². The fourth-order valence-electron chi connectivity index (χ4n) is 0.811. The third-order valence-corrected chi connectivity index (χ3v) is 1.40. The SMILES string of the molecule is C#CCOCCCCCC(N)=O. The Kier molecular flexibility index (Phi) is 7.41. The van der Waals surface area contributed by atoms with Crippen molar-refractivity contribution in [1.82, 2.24) is 0 Å². The van der Waals surface area contributed by atoms with Crippen molar-refractivity contribution in [2.75, 3.05) is 13.2 Å². The van der Waals surface area contributed by atoms with Gasteiger partial charge in [0, 0.05) is 13.0 Å². The Bertz CT molecular complexity index is 160. The van der Waals surface area contributed by atoms with Crippen LogP contribution in [0.2, 0.25) is 0 Å². The molecule has 3 nitrogen and oxygen atoms in total. The van der Waals surface area contributed by atoms with Crippen molar-refractivity contribution in [3.05, 3.63) is 0 Å². The number of rotatable bonds is 7. The summed E-state index contributed by atoms with van der Waals surface area (Å²) in [5.41, 5.74) is 4.96. The summed E-state index contributed by atoms with van der Waals surface area (Å²) < 4.78 is 5.04. The van der Waals surface area contributed by atoms with Crippen molar-refractivity contribution < 1.29 is 9.53 Å². The van der Waals surface area contributed by atoms with Crippen LogP contribution in [0.25, 0.3) is 0 Å². The van der Waals surface area contributed by atoms with Gasteiger partial charge in [-0.1, -0.05) is 12.3 Å². The summed E-state index contributed by atoms with van der Waals surface area (Å²) in [6.45, 7) is 1.04. The first kappa shape index (κ1) is 11.0. The average molecular weight is 169 g/mol. The van der Waals surface area contributed by atoms with Crippen molar-refractivity contribution in [3.8, 4) is 12.3 Å². The Balaban J connectivity index is 2.92. The quantitative estimate of drug-likeness (QED) is 0.450. The molecule has 2 N–H and O–H groups in total. The van der Waals surface area contributed by atoms with Crippen LogP contribution >= 0.6 is 0 Å². The average Bonchev–Trinajstić information content (AvgIpc) is 2.02. The topological polar surface area (TPSA) is 52.3 Å². The lowest BCUT2D eigenvalue weighted by Crippen LogP contribution is -2.09. The molecule has 0 aromatic rings. The van der Waals surface area contributed by atoms with E-state index >= 15 is 0 Å². The lowest BCUT2D eigenvalue weighted by molar-refractivity contribution is -0.118. The first-order chi connectivity index (χ1) is 5.77. The number of hydrogen-bond donors (Lipinski definition) is 1. The normalized spacial score (nSPS) is 9.25. The van der Waals surface area contributed by atoms with Crippen molar-refractivity contribution in [1.29, 1.82) is 0 Å². The van der Waals surface area contributed by atoms with E-state index in [-0.39, 0.29) is 5.91 Å². The van der Waals surface area contributed by atoms with E-state index in [0.717, 1.165) is 19.3 Å². The molecule has 0 bridgehead atoms. The van der Waals surface area contributed by atoms with Gasteiger partial charge in [-0.05, 0) is 12.8 Å². The molecule has 0 atom stereocenters. The van der Waals surface area contributed by atoms with Gasteiger partial charge < -0.3 is 10.5 Å². The predicted octanol–water partition coefficient (Wildman–Crippen LogP) is 0.682. The second kappa shape index (κ2) is 8.09. The minimum atomic E-state index is -0.237. The number of ether oxygens (including phenoxy) is 1. The van der Waals surface area contributed by atoms with Crippen molar-refractivity contribution in [2.24, 2.45) is 5.73 Å². The minimum Gasteiger partial charge on any atom is -0.370 e. The van der Waals surface area contributed by atoms with Crippen LogP contribution in [0, 0.1) is 12.3 Å². The summed E-state index contributed by atoms with van der Waals surface area (Å²) in [5, 5.41) is 0. The molecule has 0 heterocycles. The van der Waals surface area contributed by atoms with E-state index in [2.05, 4.69) is 5.92 Å². The third-order valence-electron chi connectivity index (χ3n) is 1.40. The molecule has 3 heteroatoms. The molecule has 0 aromatic heterocycles. The highest BCUT2D eigenvalue weighted by Gasteiger charge is 1.93. The highest BCUT2D eigenvalue weighted by atomic mass is 16.5. The van der Waals surface area contributed by atoms with Crippen LogP contribution in [-0.2, 0) is 9.53 Å². The lowest BCUT2D eigenvalue weighted by Gasteiger charge is -1.99. The second-order valence-electron chi connectivity index (χ2n) is 2.53. The van der Waals surface area contributed by atoms with Crippen LogP contribution in [0.1, 0.15) is 25.7 Å². The van der Waals surface area contributed by atoms with Gasteiger partial charge in [-0.25, -0.2) is 0 Å². The first-order valence-corrected chi connectivity index (χ1v) is 4.07. The van der Waals surface area contributed by atoms with E-state index in [9.17, 15) is 4.79 Å². The maximum Gasteiger partial charge on any atom is 0.217 e. The molecule has 0 aliphatic heterocycles. The van der Waals surface area contributed by atoms with Crippen LogP contribution in [0.15, 0.2) is 0 Å². The second-order valence-corrected chi connectivity index (χ2v) is 2.53. The molecule has 0 fully saturated rings. The number of carbonyl (C=O) groups is 1. The molecule has 1 amide bonds. The number of primary amides is 1. The van der Waals surface area contributed by atoms with Crippen molar-refractivity contribution >= 4 is 5.91 Å². The summed E-state index contributed by atoms with van der Waals surface area (Å²) in [7, 11) is 0. The zero-order chi connectivity index (χ0) is 9.23. The Morgan fingerprint density at radius 2 is 2.17 bits per heavy atom. The number of nitrogens with two attached hydrogens (primary N) is 1. The maximum absolute atomic E-state index is 10.3. The van der Waals surface area contributed by atoms with Crippen LogP contribution in [-0.4, -0.2) is 19.1 Å². The van der Waals surface area contributed by atoms with Gasteiger partial charge in [0.15, 0.2) is 0 Å². The van der Waals surface area contributed by atoms with Crippen LogP contribution in [0.5, 0.6) is 0 Å². The molecule has 0 spiro atoms. The molecule has 0 saturated carbocycles. The summed E-state index contributed by atoms with van der Waals surface area (Å²) in [5.74, 6) is 2.14. The van der Waals surface area contributed by atoms with Crippen molar-refractivity contribution in [3.63, 3.8) is 0 Å². The highest BCUT2D eigenvalue weighted by Crippen LogP contribution is 1.98. The number of terminal acetylenes is 1. The van der Waals surface area contributed by atoms with Gasteiger partial charge in [-0.3, -0.25) is 4.79 Å². The molecule has 0 rings (SSSR count). The van der Waals surface area contributed by atoms with Gasteiger partial charge in [-0.15, -0.1) is 6.42 Å². The summed E-state index contributed by atoms with van der Waals surface area (Å²) in [6, 6.07) is 0. The summed E-state index contributed by atoms with van der Waals surface area (Å²) in [4.78, 5) is 10.3. The predicted molar refractivity (Wildman–Crippen MR) is 47.3 cm³/mol. The van der Waals surface area contributed by atoms with Gasteiger partial charge in [-0.2, -0.15) is 0 Å². The highest BCUT2D eigenvalue weighted by molar-refractivity contribution is 5.73. The zero-order valence-electron chi connectivity index (χ0n) is 7.21. The molecule has 0 unspecified atom stereocenters. The zero-order valence-corrected chi connectivity index (χ0v) is 7.21. The van der Waals surface area contributed by atoms with E-state index < -0.39 is 0 Å². The molecule has 12 heavy (non-hydrogen) atoms. The van der Waals surface area contributed by atoms with E-state index in [1.807, 2.05) is 0 Å². The molecule has 0 radical (unpaired) electrons. The Morgan fingerprint density at radius 3 is 2.75 bits per heavy atom. The third kappa shape index (κ3) is 8.99. The van der Waals surface area contributed by atoms with E-state index in [1.165, 1.54) is 0 Å². The molecule has 0 saturated heterocycles. The van der Waals surface area contributed by atoms with Gasteiger partial charge in [0.05, 0.1) is 0 Å². The van der Waals surface area contributed by atoms with Gasteiger partial charge in [0.1, 0.15) is 6.61 Å². The number of hydrogen-bond acceptors (Lipinski definition) is 2. The lowest BCUT2D eigenvalue weighted by atomic mass is 10.2. The Labute approximate surface area is 73.3 Å². The monoisotopic (exact) mass is 169 g/mol. The van der Waals surface area contributed by atoms with Crippen LogP contribution < -0.4 is 5.73 Å². The molecule has 0 aliphatic rings. The smallest absolute Gasteiger partial charge is 0.217 e. The van der Waals surface area contributed by atoms with Crippen molar-refractivity contribution in [2.45, 2.75) is 25.7 Å². The van der Waals surface area contributed by atoms with E-state index in [4.69, 9.17) is 16.9 Å². The Morgan fingerprint density at radius 1 is 1.42 bits per heavy atom. The largest absolute Gasteiger partial charge is 0.370 e. The molecule has 68 valence electrons. The maximum atomic E-state index is 10.3. The van der Waals surface area contributed by atoms with Gasteiger partial charge >= 0.3 is 0 Å². The molecular formula is C9H15NO2. The summed E-state index contributed by atoms with van der Waals surface area (Å²) in [6.07, 6.45) is 8.19. The Hall–Kier alpha value is -1.01. The number of unbranched alkanes of at least 4 members (excludes halogenated alkanes) is 2. The fraction of sp³-hybridized carbons (Fsp3) is 0.667. The standard InChI is InChI=1S/C9H15NO2/c1-2-7-12-8-5-3-4-6-9(10)11/h1H,3-8H2,(H2,10,11). The molecule has 0 aliphatic carbocycles. The molecular weight excluding hydrogens is 154 g/mol. The van der Waals surface area contributed by atoms with Gasteiger partial charge in [0.2, 0.25) is 5.91 Å². The van der Waals surface area contributed by atoms with E-state index in [1.54, 1.807) is 0 Å². The first-order valence-electron chi connectivity index (χ1n) is 4.07. The number of carbonyl (C=O) groups excluding carboxylic acids is 1. The van der Waals surface area contributed by atoms with Crippen LogP contribution in [0.3, 0.4) is 0 Å². The minimum absolute atomic E-state index is 0.237. The summed E-state index contributed by atoms with van der Waals surface area (Å²) >= 11 is 0. The fourth-order valence-corrected chi connectivity index (χ4v) is 0.811. The number of amides is 1. The molecule has 0 aromatic carbocycles. The van der Waals surface area contributed by atoms with Gasteiger partial charge in [0.25, 0.3) is 0 Å². The van der Waals surface area contributed by atoms with Crippen LogP contribution in [0.4, 0.5) is 0 Å².